The first-order chi connectivity index (χ1) is 8.21. The fraction of sp³-hybridized carbons (Fsp3) is 0.929. The van der Waals surface area contributed by atoms with E-state index >= 15 is 0 Å². The van der Waals surface area contributed by atoms with Gasteiger partial charge < -0.3 is 10.4 Å². The maximum Gasteiger partial charge on any atom is 0.309 e. The number of hydrogen-bond acceptors (Lipinski definition) is 1. The minimum Gasteiger partial charge on any atom is -0.481 e. The number of aliphatic carboxylic acids is 1. The lowest BCUT2D eigenvalue weighted by Crippen LogP contribution is -2.84. The maximum atomic E-state index is 11.4. The zero-order chi connectivity index (χ0) is 12.6. The first-order valence-electron chi connectivity index (χ1n) is 7.26. The van der Waals surface area contributed by atoms with Gasteiger partial charge in [-0.25, -0.2) is 0 Å². The summed E-state index contributed by atoms with van der Waals surface area (Å²) in [4.78, 5) is 11.4. The molecule has 1 aliphatic carbocycles. The first kappa shape index (κ1) is 14.5. The van der Waals surface area contributed by atoms with Crippen molar-refractivity contribution >= 4 is 5.97 Å². The summed E-state index contributed by atoms with van der Waals surface area (Å²) >= 11 is 0. The van der Waals surface area contributed by atoms with Gasteiger partial charge in [0, 0.05) is 0 Å². The summed E-state index contributed by atoms with van der Waals surface area (Å²) in [5.74, 6) is -0.547. The van der Waals surface area contributed by atoms with Gasteiger partial charge in [-0.1, -0.05) is 26.2 Å². The van der Waals surface area contributed by atoms with E-state index in [0.717, 1.165) is 51.5 Å². The molecule has 0 bridgehead atoms. The predicted octanol–water partition coefficient (Wildman–Crippen LogP) is 2.17. The van der Waals surface area contributed by atoms with E-state index in [2.05, 4.69) is 12.2 Å². The highest BCUT2D eigenvalue weighted by Crippen LogP contribution is 2.40. The Bertz CT molecular complexity index is 222. The Morgan fingerprint density at radius 3 is 2.47 bits per heavy atom. The van der Waals surface area contributed by atoms with Gasteiger partial charge in [-0.3, -0.25) is 4.79 Å². The molecule has 0 aliphatic heterocycles. The lowest BCUT2D eigenvalue weighted by molar-refractivity contribution is -0.655. The fourth-order valence-electron chi connectivity index (χ4n) is 2.90. The third-order valence-electron chi connectivity index (χ3n) is 4.07. The standard InChI is InChI=1S/C14H27NO2/c1-2-11-15-12-7-6-10-14(13(16)17)8-4-3-5-9-14/h15H,2-12H2,1H3,(H,16,17)/p+1. The highest BCUT2D eigenvalue weighted by molar-refractivity contribution is 5.74. The van der Waals surface area contributed by atoms with E-state index in [0.29, 0.717) is 0 Å². The van der Waals surface area contributed by atoms with Gasteiger partial charge in [0.05, 0.1) is 18.5 Å². The number of unbranched alkanes of at least 4 members (excludes halogenated alkanes) is 1. The van der Waals surface area contributed by atoms with E-state index in [1.54, 1.807) is 0 Å². The number of quaternary nitrogens is 1. The molecule has 0 saturated heterocycles. The molecular weight excluding hydrogens is 214 g/mol. The number of rotatable bonds is 8. The van der Waals surface area contributed by atoms with Gasteiger partial charge in [0.1, 0.15) is 0 Å². The van der Waals surface area contributed by atoms with Crippen molar-refractivity contribution in [1.29, 1.82) is 0 Å². The average Bonchev–Trinajstić information content (AvgIpc) is 2.34. The Kier molecular flexibility index (Phi) is 6.56. The lowest BCUT2D eigenvalue weighted by Gasteiger charge is -2.33. The number of carboxylic acid groups (broad SMARTS) is 1. The van der Waals surface area contributed by atoms with Gasteiger partial charge >= 0.3 is 5.97 Å². The van der Waals surface area contributed by atoms with Crippen LogP contribution in [0.5, 0.6) is 0 Å². The van der Waals surface area contributed by atoms with E-state index < -0.39 is 5.97 Å². The Labute approximate surface area is 105 Å². The van der Waals surface area contributed by atoms with Crippen LogP contribution in [0, 0.1) is 5.41 Å². The first-order valence-corrected chi connectivity index (χ1v) is 7.26. The van der Waals surface area contributed by atoms with Crippen LogP contribution >= 0.6 is 0 Å². The second-order valence-electron chi connectivity index (χ2n) is 5.47. The zero-order valence-corrected chi connectivity index (χ0v) is 11.2. The van der Waals surface area contributed by atoms with Crippen molar-refractivity contribution in [3.63, 3.8) is 0 Å². The van der Waals surface area contributed by atoms with E-state index in [-0.39, 0.29) is 5.41 Å². The van der Waals surface area contributed by atoms with Crippen LogP contribution in [0.1, 0.15) is 64.7 Å². The Balaban J connectivity index is 2.23. The molecule has 0 spiro atoms. The van der Waals surface area contributed by atoms with Crippen LogP contribution < -0.4 is 5.32 Å². The molecule has 0 amide bonds. The van der Waals surface area contributed by atoms with Crippen molar-refractivity contribution in [2.75, 3.05) is 13.1 Å². The van der Waals surface area contributed by atoms with Gasteiger partial charge in [-0.15, -0.1) is 0 Å². The van der Waals surface area contributed by atoms with E-state index in [4.69, 9.17) is 0 Å². The van der Waals surface area contributed by atoms with Crippen LogP contribution in [0.3, 0.4) is 0 Å². The molecule has 0 aromatic heterocycles. The Morgan fingerprint density at radius 2 is 1.88 bits per heavy atom. The second kappa shape index (κ2) is 7.70. The summed E-state index contributed by atoms with van der Waals surface area (Å²) in [7, 11) is 0. The van der Waals surface area contributed by atoms with Crippen molar-refractivity contribution in [3.05, 3.63) is 0 Å². The molecular formula is C14H28NO2+. The molecule has 0 aromatic carbocycles. The lowest BCUT2D eigenvalue weighted by atomic mass is 9.71. The van der Waals surface area contributed by atoms with Crippen molar-refractivity contribution < 1.29 is 15.2 Å². The third-order valence-corrected chi connectivity index (χ3v) is 4.07. The summed E-state index contributed by atoms with van der Waals surface area (Å²) in [5.41, 5.74) is -0.372. The molecule has 100 valence electrons. The molecule has 3 heteroatoms. The van der Waals surface area contributed by atoms with Crippen LogP contribution in [0.15, 0.2) is 0 Å². The SMILES string of the molecule is CCC[NH2+]CCCCC1(C(=O)O)CCCCC1. The van der Waals surface area contributed by atoms with Crippen molar-refractivity contribution in [1.82, 2.24) is 0 Å². The topological polar surface area (TPSA) is 53.9 Å². The van der Waals surface area contributed by atoms with E-state index in [9.17, 15) is 9.90 Å². The largest absolute Gasteiger partial charge is 0.481 e. The minimum absolute atomic E-state index is 0.372. The normalized spacial score (nSPS) is 19.1. The van der Waals surface area contributed by atoms with Crippen molar-refractivity contribution in [2.24, 2.45) is 5.41 Å². The van der Waals surface area contributed by atoms with Gasteiger partial charge in [-0.05, 0) is 38.5 Å². The summed E-state index contributed by atoms with van der Waals surface area (Å²) in [6.07, 6.45) is 9.59. The molecule has 1 rings (SSSR count). The summed E-state index contributed by atoms with van der Waals surface area (Å²) in [6.45, 7) is 4.55. The van der Waals surface area contributed by atoms with E-state index in [1.165, 1.54) is 19.4 Å². The number of carboxylic acids is 1. The molecule has 0 atom stereocenters. The second-order valence-corrected chi connectivity index (χ2v) is 5.47. The highest BCUT2D eigenvalue weighted by atomic mass is 16.4. The summed E-state index contributed by atoms with van der Waals surface area (Å²) < 4.78 is 0. The molecule has 1 fully saturated rings. The van der Waals surface area contributed by atoms with Gasteiger partial charge in [-0.2, -0.15) is 0 Å². The molecule has 1 aliphatic rings. The monoisotopic (exact) mass is 242 g/mol. The Hall–Kier alpha value is -0.570. The van der Waals surface area contributed by atoms with Crippen molar-refractivity contribution in [2.45, 2.75) is 64.7 Å². The molecule has 17 heavy (non-hydrogen) atoms. The molecule has 3 N–H and O–H groups in total. The minimum atomic E-state index is -0.547. The molecule has 1 saturated carbocycles. The fourth-order valence-corrected chi connectivity index (χ4v) is 2.90. The molecule has 0 unspecified atom stereocenters. The third kappa shape index (κ3) is 4.66. The van der Waals surface area contributed by atoms with Crippen LogP contribution in [0.25, 0.3) is 0 Å². The smallest absolute Gasteiger partial charge is 0.309 e. The molecule has 3 nitrogen and oxygen atoms in total. The molecule has 0 aromatic rings. The summed E-state index contributed by atoms with van der Waals surface area (Å²) in [6, 6.07) is 0. The van der Waals surface area contributed by atoms with E-state index in [1.807, 2.05) is 0 Å². The molecule has 0 radical (unpaired) electrons. The predicted molar refractivity (Wildman–Crippen MR) is 69.0 cm³/mol. The molecule has 0 heterocycles. The van der Waals surface area contributed by atoms with Gasteiger partial charge in [0.2, 0.25) is 0 Å². The number of hydrogen-bond donors (Lipinski definition) is 2. The zero-order valence-electron chi connectivity index (χ0n) is 11.2. The van der Waals surface area contributed by atoms with Crippen molar-refractivity contribution in [3.8, 4) is 0 Å². The number of nitrogens with two attached hydrogens (primary N) is 1. The van der Waals surface area contributed by atoms with Gasteiger partial charge in [0.15, 0.2) is 0 Å². The summed E-state index contributed by atoms with van der Waals surface area (Å²) in [5, 5.41) is 11.8. The maximum absolute atomic E-state index is 11.4. The van der Waals surface area contributed by atoms with Crippen LogP contribution in [-0.4, -0.2) is 24.2 Å². The average molecular weight is 242 g/mol. The van der Waals surface area contributed by atoms with Gasteiger partial charge in [0.25, 0.3) is 0 Å². The Morgan fingerprint density at radius 1 is 1.18 bits per heavy atom. The van der Waals surface area contributed by atoms with Crippen LogP contribution in [-0.2, 0) is 4.79 Å². The highest BCUT2D eigenvalue weighted by Gasteiger charge is 2.38. The number of carbonyl (C=O) groups is 1. The van der Waals surface area contributed by atoms with Crippen LogP contribution in [0.4, 0.5) is 0 Å². The quantitative estimate of drug-likeness (QED) is 0.641. The van der Waals surface area contributed by atoms with Crippen LogP contribution in [0.2, 0.25) is 0 Å².